The Morgan fingerprint density at radius 1 is 0.500 bits per heavy atom. The van der Waals surface area contributed by atoms with Crippen molar-refractivity contribution in [2.45, 2.75) is 33.1 Å². The van der Waals surface area contributed by atoms with Gasteiger partial charge in [-0.15, -0.1) is 0 Å². The maximum Gasteiger partial charge on any atom is 0.221 e. The lowest BCUT2D eigenvalue weighted by molar-refractivity contribution is -0.114. The molecule has 0 fully saturated rings. The largest absolute Gasteiger partial charge is 0.326 e. The second kappa shape index (κ2) is 9.85. The van der Waals surface area contributed by atoms with E-state index in [2.05, 4.69) is 141 Å². The van der Waals surface area contributed by atoms with Gasteiger partial charge in [0.2, 0.25) is 5.91 Å². The van der Waals surface area contributed by atoms with Crippen LogP contribution in [-0.4, -0.2) is 5.91 Å². The fourth-order valence-electron chi connectivity index (χ4n) is 6.85. The molecule has 0 aliphatic carbocycles. The van der Waals surface area contributed by atoms with Gasteiger partial charge in [-0.3, -0.25) is 4.79 Å². The molecule has 1 amide bonds. The quantitative estimate of drug-likeness (QED) is 0.221. The first-order chi connectivity index (χ1) is 20.3. The number of rotatable bonds is 3. The minimum absolute atomic E-state index is 0.0684. The predicted molar refractivity (Wildman–Crippen MR) is 180 cm³/mol. The predicted octanol–water partition coefficient (Wildman–Crippen LogP) is 10.9. The third-order valence-electron chi connectivity index (χ3n) is 8.34. The van der Waals surface area contributed by atoms with Gasteiger partial charge in [-0.2, -0.15) is 0 Å². The number of carbonyl (C=O) groups excluding carboxylic acids is 1. The van der Waals surface area contributed by atoms with Crippen LogP contribution < -0.4 is 5.32 Å². The summed E-state index contributed by atoms with van der Waals surface area (Å²) in [6, 6.07) is 43.6. The van der Waals surface area contributed by atoms with Crippen LogP contribution in [0.1, 0.15) is 33.3 Å². The Labute approximate surface area is 246 Å². The fourth-order valence-corrected chi connectivity index (χ4v) is 6.85. The lowest BCUT2D eigenvalue weighted by Crippen LogP contribution is -2.13. The second-order valence-corrected chi connectivity index (χ2v) is 12.2. The molecule has 0 spiro atoms. The number of benzene rings is 7. The molecule has 2 heteroatoms. The average molecular weight is 544 g/mol. The standard InChI is InChI=1S/C40H33NO/c1-25(42)41-27-22-23-33-35(24-27)39(40(2,3)4)34-21-13-12-20-32(34)38(33)37-30-18-10-8-16-28(30)36(26-14-6-5-7-15-26)29-17-9-11-19-31(29)37/h5-24H,1-4H3,(H,41,42). The molecule has 7 rings (SSSR count). The minimum Gasteiger partial charge on any atom is -0.326 e. The maximum absolute atomic E-state index is 12.1. The van der Waals surface area contributed by atoms with E-state index in [4.69, 9.17) is 0 Å². The third kappa shape index (κ3) is 4.14. The highest BCUT2D eigenvalue weighted by atomic mass is 16.1. The second-order valence-electron chi connectivity index (χ2n) is 12.2. The molecule has 0 heterocycles. The summed E-state index contributed by atoms with van der Waals surface area (Å²) >= 11 is 0. The van der Waals surface area contributed by atoms with Gasteiger partial charge in [0, 0.05) is 12.6 Å². The van der Waals surface area contributed by atoms with Crippen molar-refractivity contribution < 1.29 is 4.79 Å². The van der Waals surface area contributed by atoms with Crippen molar-refractivity contribution in [1.82, 2.24) is 0 Å². The summed E-state index contributed by atoms with van der Waals surface area (Å²) in [4.78, 5) is 12.1. The van der Waals surface area contributed by atoms with Crippen LogP contribution in [0.15, 0.2) is 121 Å². The number of hydrogen-bond donors (Lipinski definition) is 1. The zero-order valence-corrected chi connectivity index (χ0v) is 24.5. The minimum atomic E-state index is -0.119. The molecule has 204 valence electrons. The summed E-state index contributed by atoms with van der Waals surface area (Å²) < 4.78 is 0. The van der Waals surface area contributed by atoms with Crippen LogP contribution in [0.25, 0.3) is 65.3 Å². The van der Waals surface area contributed by atoms with Gasteiger partial charge in [-0.05, 0) is 88.5 Å². The monoisotopic (exact) mass is 543 g/mol. The highest BCUT2D eigenvalue weighted by Gasteiger charge is 2.26. The first-order valence-corrected chi connectivity index (χ1v) is 14.6. The van der Waals surface area contributed by atoms with Crippen molar-refractivity contribution >= 4 is 54.7 Å². The van der Waals surface area contributed by atoms with Crippen molar-refractivity contribution in [3.8, 4) is 22.3 Å². The molecule has 0 aliphatic rings. The van der Waals surface area contributed by atoms with E-state index in [9.17, 15) is 4.79 Å². The van der Waals surface area contributed by atoms with E-state index in [1.165, 1.54) is 70.9 Å². The summed E-state index contributed by atoms with van der Waals surface area (Å²) in [5.74, 6) is -0.0684. The summed E-state index contributed by atoms with van der Waals surface area (Å²) in [5, 5.41) is 12.8. The van der Waals surface area contributed by atoms with Gasteiger partial charge in [-0.1, -0.05) is 130 Å². The number of nitrogens with one attached hydrogen (secondary N) is 1. The van der Waals surface area contributed by atoms with E-state index >= 15 is 0 Å². The van der Waals surface area contributed by atoms with Gasteiger partial charge in [0.1, 0.15) is 0 Å². The molecule has 0 unspecified atom stereocenters. The molecule has 7 aromatic carbocycles. The van der Waals surface area contributed by atoms with E-state index in [0.717, 1.165) is 5.69 Å². The molecule has 2 nitrogen and oxygen atoms in total. The van der Waals surface area contributed by atoms with Gasteiger partial charge < -0.3 is 5.32 Å². The Bertz CT molecular complexity index is 2110. The van der Waals surface area contributed by atoms with Crippen LogP contribution in [0.4, 0.5) is 5.69 Å². The molecule has 7 aromatic rings. The van der Waals surface area contributed by atoms with Gasteiger partial charge in [0.25, 0.3) is 0 Å². The van der Waals surface area contributed by atoms with Crippen LogP contribution in [0, 0.1) is 0 Å². The summed E-state index contributed by atoms with van der Waals surface area (Å²) in [6.45, 7) is 8.39. The van der Waals surface area contributed by atoms with Crippen molar-refractivity contribution in [3.63, 3.8) is 0 Å². The SMILES string of the molecule is CC(=O)Nc1ccc2c(-c3c4ccccc4c(-c4ccccc4)c4ccccc34)c3ccccc3c(C(C)(C)C)c2c1. The number of amides is 1. The fraction of sp³-hybridized carbons (Fsp3) is 0.125. The topological polar surface area (TPSA) is 29.1 Å². The Balaban J connectivity index is 1.73. The maximum atomic E-state index is 12.1. The van der Waals surface area contributed by atoms with E-state index in [1.807, 2.05) is 6.07 Å². The Hall–Kier alpha value is -4.95. The summed E-state index contributed by atoms with van der Waals surface area (Å²) in [6.07, 6.45) is 0. The van der Waals surface area contributed by atoms with E-state index in [-0.39, 0.29) is 11.3 Å². The molecular formula is C40H33NO. The number of carbonyl (C=O) groups is 1. The normalized spacial score (nSPS) is 11.9. The summed E-state index contributed by atoms with van der Waals surface area (Å²) in [5.41, 5.74) is 6.94. The lowest BCUT2D eigenvalue weighted by Gasteiger charge is -2.27. The van der Waals surface area contributed by atoms with Crippen molar-refractivity contribution in [1.29, 1.82) is 0 Å². The highest BCUT2D eigenvalue weighted by molar-refractivity contribution is 6.28. The molecule has 42 heavy (non-hydrogen) atoms. The highest BCUT2D eigenvalue weighted by Crippen LogP contribution is 2.50. The molecule has 0 atom stereocenters. The molecule has 0 saturated carbocycles. The number of hydrogen-bond acceptors (Lipinski definition) is 1. The first kappa shape index (κ1) is 26.0. The van der Waals surface area contributed by atoms with Crippen LogP contribution in [-0.2, 0) is 10.2 Å². The van der Waals surface area contributed by atoms with Crippen molar-refractivity contribution in [2.24, 2.45) is 0 Å². The van der Waals surface area contributed by atoms with Crippen LogP contribution in [0.5, 0.6) is 0 Å². The number of anilines is 1. The molecule has 1 N–H and O–H groups in total. The molecule has 0 aromatic heterocycles. The average Bonchev–Trinajstić information content (AvgIpc) is 2.98. The molecule has 0 bridgehead atoms. The van der Waals surface area contributed by atoms with Crippen molar-refractivity contribution in [2.75, 3.05) is 5.32 Å². The van der Waals surface area contributed by atoms with Gasteiger partial charge in [-0.25, -0.2) is 0 Å². The van der Waals surface area contributed by atoms with Gasteiger partial charge in [0.15, 0.2) is 0 Å². The third-order valence-corrected chi connectivity index (χ3v) is 8.34. The lowest BCUT2D eigenvalue weighted by atomic mass is 9.76. The van der Waals surface area contributed by atoms with E-state index in [0.29, 0.717) is 0 Å². The molecular weight excluding hydrogens is 510 g/mol. The van der Waals surface area contributed by atoms with Crippen LogP contribution in [0.3, 0.4) is 0 Å². The van der Waals surface area contributed by atoms with Crippen LogP contribution in [0.2, 0.25) is 0 Å². The Kier molecular flexibility index (Phi) is 6.09. The molecule has 0 aliphatic heterocycles. The first-order valence-electron chi connectivity index (χ1n) is 14.6. The zero-order chi connectivity index (χ0) is 29.0. The van der Waals surface area contributed by atoms with E-state index < -0.39 is 0 Å². The molecule has 0 radical (unpaired) electrons. The van der Waals surface area contributed by atoms with Crippen LogP contribution >= 0.6 is 0 Å². The number of fused-ring (bicyclic) bond motifs is 4. The Morgan fingerprint density at radius 3 is 1.43 bits per heavy atom. The Morgan fingerprint density at radius 2 is 0.929 bits per heavy atom. The summed E-state index contributed by atoms with van der Waals surface area (Å²) in [7, 11) is 0. The van der Waals surface area contributed by atoms with Crippen molar-refractivity contribution in [3.05, 3.63) is 127 Å². The molecule has 0 saturated heterocycles. The van der Waals surface area contributed by atoms with Gasteiger partial charge >= 0.3 is 0 Å². The zero-order valence-electron chi connectivity index (χ0n) is 24.5. The van der Waals surface area contributed by atoms with E-state index in [1.54, 1.807) is 6.92 Å². The van der Waals surface area contributed by atoms with Gasteiger partial charge in [0.05, 0.1) is 0 Å². The smallest absolute Gasteiger partial charge is 0.221 e.